The SMILES string of the molecule is C=CCOc1ccc(CCN)cc1S(N)(=O)=O. The van der Waals surface area contributed by atoms with Crippen molar-refractivity contribution in [1.29, 1.82) is 0 Å². The molecule has 5 nitrogen and oxygen atoms in total. The summed E-state index contributed by atoms with van der Waals surface area (Å²) in [5, 5.41) is 5.13. The average molecular weight is 256 g/mol. The molecule has 0 aromatic heterocycles. The second-order valence-corrected chi connectivity index (χ2v) is 4.99. The number of nitrogens with two attached hydrogens (primary N) is 2. The number of hydrogen-bond acceptors (Lipinski definition) is 4. The van der Waals surface area contributed by atoms with E-state index in [1.807, 2.05) is 0 Å². The van der Waals surface area contributed by atoms with Crippen LogP contribution in [0.4, 0.5) is 0 Å². The van der Waals surface area contributed by atoms with Gasteiger partial charge < -0.3 is 10.5 Å². The van der Waals surface area contributed by atoms with Crippen LogP contribution in [0.25, 0.3) is 0 Å². The lowest BCUT2D eigenvalue weighted by Gasteiger charge is -2.10. The summed E-state index contributed by atoms with van der Waals surface area (Å²) in [6.07, 6.45) is 2.12. The minimum Gasteiger partial charge on any atom is -0.488 e. The van der Waals surface area contributed by atoms with Crippen molar-refractivity contribution in [3.8, 4) is 5.75 Å². The van der Waals surface area contributed by atoms with E-state index in [1.165, 1.54) is 12.1 Å². The Kier molecular flexibility index (Phi) is 4.68. The number of benzene rings is 1. The van der Waals surface area contributed by atoms with Gasteiger partial charge in [0.15, 0.2) is 0 Å². The van der Waals surface area contributed by atoms with E-state index in [9.17, 15) is 8.42 Å². The number of ether oxygens (including phenoxy) is 1. The summed E-state index contributed by atoms with van der Waals surface area (Å²) < 4.78 is 28.1. The summed E-state index contributed by atoms with van der Waals surface area (Å²) in [5.41, 5.74) is 6.22. The molecule has 0 unspecified atom stereocenters. The van der Waals surface area contributed by atoms with Crippen molar-refractivity contribution in [2.45, 2.75) is 11.3 Å². The highest BCUT2D eigenvalue weighted by molar-refractivity contribution is 7.89. The minimum atomic E-state index is -3.80. The van der Waals surface area contributed by atoms with E-state index < -0.39 is 10.0 Å². The molecule has 0 spiro atoms. The quantitative estimate of drug-likeness (QED) is 0.720. The second-order valence-electron chi connectivity index (χ2n) is 3.46. The topological polar surface area (TPSA) is 95.4 Å². The van der Waals surface area contributed by atoms with Crippen molar-refractivity contribution in [3.63, 3.8) is 0 Å². The van der Waals surface area contributed by atoms with Gasteiger partial charge in [0.05, 0.1) is 0 Å². The number of primary sulfonamides is 1. The molecule has 94 valence electrons. The largest absolute Gasteiger partial charge is 0.488 e. The van der Waals surface area contributed by atoms with Crippen LogP contribution in [0.1, 0.15) is 5.56 Å². The maximum atomic E-state index is 11.4. The molecule has 1 aromatic carbocycles. The molecule has 0 aliphatic carbocycles. The molecule has 0 amide bonds. The van der Waals surface area contributed by atoms with Crippen molar-refractivity contribution in [1.82, 2.24) is 0 Å². The number of sulfonamides is 1. The highest BCUT2D eigenvalue weighted by atomic mass is 32.2. The zero-order chi connectivity index (χ0) is 12.9. The fourth-order valence-electron chi connectivity index (χ4n) is 1.36. The van der Waals surface area contributed by atoms with E-state index in [2.05, 4.69) is 6.58 Å². The zero-order valence-electron chi connectivity index (χ0n) is 9.43. The molecule has 17 heavy (non-hydrogen) atoms. The minimum absolute atomic E-state index is 0.0229. The van der Waals surface area contributed by atoms with Crippen molar-refractivity contribution in [3.05, 3.63) is 36.4 Å². The first-order valence-corrected chi connectivity index (χ1v) is 6.63. The molecule has 0 fully saturated rings. The Morgan fingerprint density at radius 1 is 1.41 bits per heavy atom. The second kappa shape index (κ2) is 5.81. The van der Waals surface area contributed by atoms with E-state index in [-0.39, 0.29) is 17.3 Å². The standard InChI is InChI=1S/C11H16N2O3S/c1-2-7-16-10-4-3-9(5-6-12)8-11(10)17(13,14)15/h2-4,8H,1,5-7,12H2,(H2,13,14,15). The summed E-state index contributed by atoms with van der Waals surface area (Å²) in [7, 11) is -3.80. The summed E-state index contributed by atoms with van der Waals surface area (Å²) in [6, 6.07) is 4.83. The van der Waals surface area contributed by atoms with Gasteiger partial charge in [0, 0.05) is 0 Å². The van der Waals surface area contributed by atoms with Crippen LogP contribution < -0.4 is 15.6 Å². The van der Waals surface area contributed by atoms with Gasteiger partial charge in [-0.1, -0.05) is 18.7 Å². The lowest BCUT2D eigenvalue weighted by molar-refractivity contribution is 0.353. The van der Waals surface area contributed by atoms with E-state index in [0.29, 0.717) is 13.0 Å². The van der Waals surface area contributed by atoms with Gasteiger partial charge in [0.25, 0.3) is 0 Å². The summed E-state index contributed by atoms with van der Waals surface area (Å²) in [4.78, 5) is -0.0229. The highest BCUT2D eigenvalue weighted by Crippen LogP contribution is 2.24. The molecule has 0 bridgehead atoms. The van der Waals surface area contributed by atoms with Crippen LogP contribution in [0.3, 0.4) is 0 Å². The van der Waals surface area contributed by atoms with Crippen LogP contribution in [0.15, 0.2) is 35.7 Å². The average Bonchev–Trinajstić information content (AvgIpc) is 2.26. The normalized spacial score (nSPS) is 11.2. The summed E-state index contributed by atoms with van der Waals surface area (Å²) >= 11 is 0. The number of hydrogen-bond donors (Lipinski definition) is 2. The highest BCUT2D eigenvalue weighted by Gasteiger charge is 2.15. The van der Waals surface area contributed by atoms with Crippen LogP contribution in [0.5, 0.6) is 5.75 Å². The lowest BCUT2D eigenvalue weighted by atomic mass is 10.1. The van der Waals surface area contributed by atoms with Gasteiger partial charge in [0.1, 0.15) is 17.3 Å². The van der Waals surface area contributed by atoms with Gasteiger partial charge in [-0.15, -0.1) is 0 Å². The summed E-state index contributed by atoms with van der Waals surface area (Å²) in [5.74, 6) is 0.230. The van der Waals surface area contributed by atoms with Crippen molar-refractivity contribution < 1.29 is 13.2 Å². The van der Waals surface area contributed by atoms with E-state index in [1.54, 1.807) is 12.1 Å². The lowest BCUT2D eigenvalue weighted by Crippen LogP contribution is -2.15. The molecular formula is C11H16N2O3S. The molecule has 4 N–H and O–H groups in total. The molecule has 0 saturated carbocycles. The van der Waals surface area contributed by atoms with Crippen LogP contribution in [0.2, 0.25) is 0 Å². The molecule has 1 rings (SSSR count). The van der Waals surface area contributed by atoms with Crippen LogP contribution in [-0.4, -0.2) is 21.6 Å². The first-order valence-electron chi connectivity index (χ1n) is 5.08. The first-order chi connectivity index (χ1) is 7.99. The third kappa shape index (κ3) is 3.85. The Balaban J connectivity index is 3.17. The smallest absolute Gasteiger partial charge is 0.241 e. The van der Waals surface area contributed by atoms with Crippen LogP contribution in [0, 0.1) is 0 Å². The molecule has 0 heterocycles. The molecule has 0 atom stereocenters. The monoisotopic (exact) mass is 256 g/mol. The molecule has 0 saturated heterocycles. The Labute approximate surface area is 101 Å². The fourth-order valence-corrected chi connectivity index (χ4v) is 2.09. The molecule has 1 aromatic rings. The van der Waals surface area contributed by atoms with Crippen molar-refractivity contribution in [2.24, 2.45) is 10.9 Å². The van der Waals surface area contributed by atoms with Crippen molar-refractivity contribution >= 4 is 10.0 Å². The Bertz CT molecular complexity index is 497. The Hall–Kier alpha value is -1.37. The van der Waals surface area contributed by atoms with Gasteiger partial charge in [-0.2, -0.15) is 0 Å². The third-order valence-corrected chi connectivity index (χ3v) is 3.04. The number of rotatable bonds is 6. The molecule has 0 aliphatic rings. The Morgan fingerprint density at radius 3 is 2.65 bits per heavy atom. The van der Waals surface area contributed by atoms with Gasteiger partial charge in [-0.25, -0.2) is 13.6 Å². The van der Waals surface area contributed by atoms with Gasteiger partial charge in [-0.05, 0) is 30.7 Å². The molecular weight excluding hydrogens is 240 g/mol. The van der Waals surface area contributed by atoms with Gasteiger partial charge in [0.2, 0.25) is 10.0 Å². The van der Waals surface area contributed by atoms with Gasteiger partial charge in [-0.3, -0.25) is 0 Å². The van der Waals surface area contributed by atoms with E-state index >= 15 is 0 Å². The van der Waals surface area contributed by atoms with Gasteiger partial charge >= 0.3 is 0 Å². The Morgan fingerprint density at radius 2 is 2.12 bits per heavy atom. The molecule has 0 aliphatic heterocycles. The predicted molar refractivity (Wildman–Crippen MR) is 66.3 cm³/mol. The van der Waals surface area contributed by atoms with Crippen molar-refractivity contribution in [2.75, 3.05) is 13.2 Å². The van der Waals surface area contributed by atoms with E-state index in [4.69, 9.17) is 15.6 Å². The predicted octanol–water partition coefficient (Wildman–Crippen LogP) is 0.400. The third-order valence-electron chi connectivity index (χ3n) is 2.10. The van der Waals surface area contributed by atoms with Crippen LogP contribution >= 0.6 is 0 Å². The maximum Gasteiger partial charge on any atom is 0.241 e. The zero-order valence-corrected chi connectivity index (χ0v) is 10.2. The summed E-state index contributed by atoms with van der Waals surface area (Å²) in [6.45, 7) is 4.15. The van der Waals surface area contributed by atoms with E-state index in [0.717, 1.165) is 5.56 Å². The molecule has 6 heteroatoms. The molecule has 0 radical (unpaired) electrons. The fraction of sp³-hybridized carbons (Fsp3) is 0.273. The van der Waals surface area contributed by atoms with Crippen LogP contribution in [-0.2, 0) is 16.4 Å². The maximum absolute atomic E-state index is 11.4. The first kappa shape index (κ1) is 13.7.